The van der Waals surface area contributed by atoms with Gasteiger partial charge in [0.2, 0.25) is 0 Å². The van der Waals surface area contributed by atoms with Gasteiger partial charge in [-0.25, -0.2) is 0 Å². The highest BCUT2D eigenvalue weighted by Crippen LogP contribution is 2.00. The van der Waals surface area contributed by atoms with Crippen molar-refractivity contribution in [2.45, 2.75) is 40.5 Å². The van der Waals surface area contributed by atoms with Crippen molar-refractivity contribution >= 4 is 11.6 Å². The Labute approximate surface area is 110 Å². The van der Waals surface area contributed by atoms with Crippen molar-refractivity contribution in [2.24, 2.45) is 11.8 Å². The van der Waals surface area contributed by atoms with Crippen LogP contribution >= 0.6 is 0 Å². The summed E-state index contributed by atoms with van der Waals surface area (Å²) in [6.45, 7) is 9.39. The van der Waals surface area contributed by atoms with Crippen molar-refractivity contribution in [1.82, 2.24) is 0 Å². The number of rotatable bonds is 11. The lowest BCUT2D eigenvalue weighted by Gasteiger charge is -2.07. The van der Waals surface area contributed by atoms with Gasteiger partial charge in [-0.05, 0) is 0 Å². The lowest BCUT2D eigenvalue weighted by atomic mass is 10.1. The van der Waals surface area contributed by atoms with Crippen LogP contribution in [0.5, 0.6) is 0 Å². The first kappa shape index (κ1) is 17.3. The van der Waals surface area contributed by atoms with Gasteiger partial charge in [-0.3, -0.25) is 9.59 Å². The van der Waals surface area contributed by atoms with Gasteiger partial charge in [0.25, 0.3) is 0 Å². The Morgan fingerprint density at radius 1 is 0.722 bits per heavy atom. The van der Waals surface area contributed by atoms with E-state index in [1.165, 1.54) is 0 Å². The van der Waals surface area contributed by atoms with Crippen molar-refractivity contribution in [1.29, 1.82) is 0 Å². The molecule has 0 unspecified atom stereocenters. The summed E-state index contributed by atoms with van der Waals surface area (Å²) in [4.78, 5) is 22.5. The molecule has 0 spiro atoms. The average Bonchev–Trinajstić information content (AvgIpc) is 2.31. The minimum atomic E-state index is 0.0758. The molecule has 0 aliphatic carbocycles. The number of carbonyl (C=O) groups is 2. The Balaban J connectivity index is 3.27. The van der Waals surface area contributed by atoms with Crippen molar-refractivity contribution in [3.8, 4) is 0 Å². The molecule has 0 fully saturated rings. The standard InChI is InChI=1S/C14H26O4/c1-11(2)13(15)5-7-17-9-10-18-8-6-14(16)12(3)4/h11-12H,5-10H2,1-4H3. The summed E-state index contributed by atoms with van der Waals surface area (Å²) in [7, 11) is 0. The molecule has 4 nitrogen and oxygen atoms in total. The molecule has 18 heavy (non-hydrogen) atoms. The summed E-state index contributed by atoms with van der Waals surface area (Å²) in [5, 5.41) is 0. The van der Waals surface area contributed by atoms with Gasteiger partial charge >= 0.3 is 0 Å². The number of carbonyl (C=O) groups excluding carboxylic acids is 2. The van der Waals surface area contributed by atoms with E-state index >= 15 is 0 Å². The molecule has 4 heteroatoms. The number of ether oxygens (including phenoxy) is 2. The molecule has 0 aromatic carbocycles. The number of hydrogen-bond donors (Lipinski definition) is 0. The second kappa shape index (κ2) is 10.2. The molecule has 0 radical (unpaired) electrons. The Morgan fingerprint density at radius 3 is 1.33 bits per heavy atom. The smallest absolute Gasteiger partial charge is 0.137 e. The Morgan fingerprint density at radius 2 is 1.06 bits per heavy atom. The minimum absolute atomic E-state index is 0.0758. The molecule has 0 aromatic heterocycles. The summed E-state index contributed by atoms with van der Waals surface area (Å²) in [6, 6.07) is 0. The normalized spacial score (nSPS) is 11.2. The Hall–Kier alpha value is -0.740. The first-order chi connectivity index (χ1) is 8.45. The van der Waals surface area contributed by atoms with E-state index in [1.807, 2.05) is 27.7 Å². The first-order valence-corrected chi connectivity index (χ1v) is 6.66. The molecule has 0 atom stereocenters. The van der Waals surface area contributed by atoms with Gasteiger partial charge in [0, 0.05) is 24.7 Å². The fourth-order valence-corrected chi connectivity index (χ4v) is 1.24. The van der Waals surface area contributed by atoms with Crippen LogP contribution in [0.4, 0.5) is 0 Å². The van der Waals surface area contributed by atoms with Crippen molar-refractivity contribution in [3.05, 3.63) is 0 Å². The molecule has 0 amide bonds. The zero-order valence-electron chi connectivity index (χ0n) is 12.0. The molecule has 0 bridgehead atoms. The molecule has 0 aromatic rings. The van der Waals surface area contributed by atoms with E-state index < -0.39 is 0 Å². The maximum Gasteiger partial charge on any atom is 0.137 e. The van der Waals surface area contributed by atoms with E-state index in [-0.39, 0.29) is 23.4 Å². The maximum atomic E-state index is 11.3. The predicted molar refractivity (Wildman–Crippen MR) is 70.6 cm³/mol. The van der Waals surface area contributed by atoms with E-state index in [1.54, 1.807) is 0 Å². The minimum Gasteiger partial charge on any atom is -0.379 e. The lowest BCUT2D eigenvalue weighted by molar-refractivity contribution is -0.124. The van der Waals surface area contributed by atoms with Crippen molar-refractivity contribution in [3.63, 3.8) is 0 Å². The van der Waals surface area contributed by atoms with Crippen LogP contribution in [-0.4, -0.2) is 38.0 Å². The van der Waals surface area contributed by atoms with Gasteiger partial charge in [-0.1, -0.05) is 27.7 Å². The summed E-state index contributed by atoms with van der Waals surface area (Å²) < 4.78 is 10.6. The van der Waals surface area contributed by atoms with Gasteiger partial charge in [0.05, 0.1) is 26.4 Å². The highest BCUT2D eigenvalue weighted by molar-refractivity contribution is 5.80. The van der Waals surface area contributed by atoms with Crippen LogP contribution < -0.4 is 0 Å². The molecular formula is C14H26O4. The zero-order valence-corrected chi connectivity index (χ0v) is 12.0. The van der Waals surface area contributed by atoms with E-state index in [0.717, 1.165) is 0 Å². The molecule has 0 saturated carbocycles. The third-order valence-electron chi connectivity index (χ3n) is 2.65. The van der Waals surface area contributed by atoms with Gasteiger partial charge in [0.1, 0.15) is 11.6 Å². The summed E-state index contributed by atoms with van der Waals surface area (Å²) in [6.07, 6.45) is 0.924. The van der Waals surface area contributed by atoms with E-state index in [0.29, 0.717) is 39.3 Å². The molecule has 106 valence electrons. The maximum absolute atomic E-state index is 11.3. The van der Waals surface area contributed by atoms with Crippen LogP contribution in [0, 0.1) is 11.8 Å². The first-order valence-electron chi connectivity index (χ1n) is 6.66. The SMILES string of the molecule is CC(C)C(=O)CCOCCOCCC(=O)C(C)C. The average molecular weight is 258 g/mol. The van der Waals surface area contributed by atoms with Crippen LogP contribution in [0.25, 0.3) is 0 Å². The van der Waals surface area contributed by atoms with Gasteiger partial charge < -0.3 is 9.47 Å². The molecular weight excluding hydrogens is 232 g/mol. The molecule has 0 heterocycles. The van der Waals surface area contributed by atoms with E-state index in [4.69, 9.17) is 9.47 Å². The molecule has 0 saturated heterocycles. The quantitative estimate of drug-likeness (QED) is 0.533. The third-order valence-corrected chi connectivity index (χ3v) is 2.65. The predicted octanol–water partition coefficient (Wildman–Crippen LogP) is 2.25. The van der Waals surface area contributed by atoms with Crippen LogP contribution in [0.15, 0.2) is 0 Å². The van der Waals surface area contributed by atoms with Crippen molar-refractivity contribution < 1.29 is 19.1 Å². The van der Waals surface area contributed by atoms with Gasteiger partial charge in [-0.2, -0.15) is 0 Å². The van der Waals surface area contributed by atoms with Crippen LogP contribution in [0.2, 0.25) is 0 Å². The van der Waals surface area contributed by atoms with E-state index in [2.05, 4.69) is 0 Å². The van der Waals surface area contributed by atoms with Gasteiger partial charge in [0.15, 0.2) is 0 Å². The highest BCUT2D eigenvalue weighted by atomic mass is 16.5. The van der Waals surface area contributed by atoms with E-state index in [9.17, 15) is 9.59 Å². The molecule has 0 aliphatic rings. The second-order valence-corrected chi connectivity index (χ2v) is 4.97. The van der Waals surface area contributed by atoms with Crippen molar-refractivity contribution in [2.75, 3.05) is 26.4 Å². The Bertz CT molecular complexity index is 220. The summed E-state index contributed by atoms with van der Waals surface area (Å²) in [5.74, 6) is 0.593. The van der Waals surface area contributed by atoms with Crippen LogP contribution in [0.1, 0.15) is 40.5 Å². The third kappa shape index (κ3) is 9.31. The van der Waals surface area contributed by atoms with Crippen LogP contribution in [-0.2, 0) is 19.1 Å². The topological polar surface area (TPSA) is 52.6 Å². The Kier molecular flexibility index (Phi) is 9.79. The monoisotopic (exact) mass is 258 g/mol. The van der Waals surface area contributed by atoms with Gasteiger partial charge in [-0.15, -0.1) is 0 Å². The second-order valence-electron chi connectivity index (χ2n) is 4.97. The lowest BCUT2D eigenvalue weighted by Crippen LogP contribution is -2.14. The fourth-order valence-electron chi connectivity index (χ4n) is 1.24. The fraction of sp³-hybridized carbons (Fsp3) is 0.857. The molecule has 0 rings (SSSR count). The number of ketones is 2. The number of hydrogen-bond acceptors (Lipinski definition) is 4. The zero-order chi connectivity index (χ0) is 14.0. The summed E-state index contributed by atoms with van der Waals surface area (Å²) in [5.41, 5.74) is 0. The largest absolute Gasteiger partial charge is 0.379 e. The molecule has 0 aliphatic heterocycles. The molecule has 0 N–H and O–H groups in total. The highest BCUT2D eigenvalue weighted by Gasteiger charge is 2.07. The summed E-state index contributed by atoms with van der Waals surface area (Å²) >= 11 is 0. The van der Waals surface area contributed by atoms with Crippen LogP contribution in [0.3, 0.4) is 0 Å². The number of Topliss-reactive ketones (excluding diaryl/α,β-unsaturated/α-hetero) is 2.